The highest BCUT2D eigenvalue weighted by Gasteiger charge is 2.23. The standard InChI is InChI=1S/C23H29N3O3.C6H10O/c1-23(2,13-11-19(27)28)12-7-10-18-24-20-16-8-3-4-9-17(16)29-21(20)22(25-18)26-14-5-6-15-26;1-5-7-6(2,3)4/h3-4,8-9H,5-7,10-15H2,1-2H3,(H,27,28);1H,2-4H3. The summed E-state index contributed by atoms with van der Waals surface area (Å²) >= 11 is 0. The van der Waals surface area contributed by atoms with Gasteiger partial charge in [0.15, 0.2) is 11.4 Å². The lowest BCUT2D eigenvalue weighted by Gasteiger charge is -2.23. The zero-order chi connectivity index (χ0) is 26.3. The van der Waals surface area contributed by atoms with Crippen LogP contribution in [0.4, 0.5) is 5.82 Å². The van der Waals surface area contributed by atoms with E-state index in [2.05, 4.69) is 30.9 Å². The molecule has 1 saturated heterocycles. The summed E-state index contributed by atoms with van der Waals surface area (Å²) in [6.45, 7) is 12.0. The monoisotopic (exact) mass is 493 g/mol. The first-order valence-electron chi connectivity index (χ1n) is 12.8. The van der Waals surface area contributed by atoms with Crippen LogP contribution in [0, 0.1) is 17.9 Å². The van der Waals surface area contributed by atoms with Gasteiger partial charge in [0.25, 0.3) is 0 Å². The summed E-state index contributed by atoms with van der Waals surface area (Å²) in [4.78, 5) is 23.0. The highest BCUT2D eigenvalue weighted by Crippen LogP contribution is 2.35. The van der Waals surface area contributed by atoms with E-state index < -0.39 is 5.97 Å². The predicted molar refractivity (Wildman–Crippen MR) is 144 cm³/mol. The van der Waals surface area contributed by atoms with Crippen LogP contribution in [0.25, 0.3) is 22.1 Å². The molecule has 0 unspecified atom stereocenters. The summed E-state index contributed by atoms with van der Waals surface area (Å²) < 4.78 is 10.9. The Labute approximate surface area is 214 Å². The Morgan fingerprint density at radius 1 is 1.14 bits per heavy atom. The van der Waals surface area contributed by atoms with Crippen LogP contribution in [0.3, 0.4) is 0 Å². The van der Waals surface area contributed by atoms with Crippen LogP contribution in [-0.2, 0) is 16.0 Å². The van der Waals surface area contributed by atoms with Crippen molar-refractivity contribution >= 4 is 33.9 Å². The number of carboxylic acid groups (broad SMARTS) is 1. The number of carboxylic acids is 1. The fourth-order valence-corrected chi connectivity index (χ4v) is 4.35. The molecule has 7 nitrogen and oxygen atoms in total. The first kappa shape index (κ1) is 27.3. The van der Waals surface area contributed by atoms with Gasteiger partial charge in [0.05, 0.1) is 0 Å². The normalized spacial score (nSPS) is 13.9. The van der Waals surface area contributed by atoms with Crippen molar-refractivity contribution in [3.63, 3.8) is 0 Å². The maximum absolute atomic E-state index is 10.9. The number of hydrogen-bond donors (Lipinski definition) is 1. The Kier molecular flexibility index (Phi) is 8.84. The first-order chi connectivity index (χ1) is 17.0. The maximum atomic E-state index is 10.9. The first-order valence-corrected chi connectivity index (χ1v) is 12.8. The van der Waals surface area contributed by atoms with E-state index in [1.54, 1.807) is 0 Å². The van der Waals surface area contributed by atoms with E-state index in [1.807, 2.05) is 39.0 Å². The van der Waals surface area contributed by atoms with E-state index in [0.29, 0.717) is 6.42 Å². The van der Waals surface area contributed by atoms with Crippen LogP contribution in [-0.4, -0.2) is 39.7 Å². The highest BCUT2D eigenvalue weighted by atomic mass is 16.5. The molecule has 3 heterocycles. The minimum Gasteiger partial charge on any atom is -0.481 e. The SMILES string of the molecule is C#COC(C)(C)C.CC(C)(CCCc1nc(N2CCCC2)c2oc3ccccc3c2n1)CCC(=O)O. The van der Waals surface area contributed by atoms with Crippen LogP contribution < -0.4 is 4.90 Å². The Bertz CT molecular complexity index is 1210. The molecule has 1 fully saturated rings. The summed E-state index contributed by atoms with van der Waals surface area (Å²) in [5, 5.41) is 9.98. The molecule has 0 atom stereocenters. The molecule has 1 N–H and O–H groups in total. The lowest BCUT2D eigenvalue weighted by Crippen LogP contribution is -2.20. The second kappa shape index (κ2) is 11.6. The number of fused-ring (bicyclic) bond motifs is 3. The van der Waals surface area contributed by atoms with Crippen LogP contribution >= 0.6 is 0 Å². The molecule has 194 valence electrons. The second-order valence-electron chi connectivity index (χ2n) is 11.2. The number of ether oxygens (including phenoxy) is 1. The molecule has 3 aromatic rings. The van der Waals surface area contributed by atoms with E-state index >= 15 is 0 Å². The van der Waals surface area contributed by atoms with E-state index in [9.17, 15) is 4.79 Å². The zero-order valence-corrected chi connectivity index (χ0v) is 22.3. The summed E-state index contributed by atoms with van der Waals surface area (Å²) in [7, 11) is 0. The fraction of sp³-hybridized carbons (Fsp3) is 0.552. The van der Waals surface area contributed by atoms with Crippen molar-refractivity contribution in [1.29, 1.82) is 0 Å². The van der Waals surface area contributed by atoms with E-state index in [1.165, 1.54) is 12.8 Å². The largest absolute Gasteiger partial charge is 0.481 e. The third kappa shape index (κ3) is 7.61. The Hall–Kier alpha value is -3.27. The Morgan fingerprint density at radius 2 is 1.83 bits per heavy atom. The molecular formula is C29H39N3O4. The van der Waals surface area contributed by atoms with Crippen LogP contribution in [0.5, 0.6) is 0 Å². The van der Waals surface area contributed by atoms with E-state index in [4.69, 9.17) is 30.7 Å². The van der Waals surface area contributed by atoms with Gasteiger partial charge in [0, 0.05) is 31.3 Å². The minimum atomic E-state index is -0.728. The predicted octanol–water partition coefficient (Wildman–Crippen LogP) is 6.58. The molecule has 0 bridgehead atoms. The summed E-state index contributed by atoms with van der Waals surface area (Å²) in [6.07, 6.45) is 12.9. The molecule has 2 aromatic heterocycles. The molecule has 0 spiro atoms. The van der Waals surface area contributed by atoms with Crippen molar-refractivity contribution in [3.05, 3.63) is 30.1 Å². The van der Waals surface area contributed by atoms with E-state index in [0.717, 1.165) is 66.1 Å². The van der Waals surface area contributed by atoms with Gasteiger partial charge in [-0.2, -0.15) is 0 Å². The summed E-state index contributed by atoms with van der Waals surface area (Å²) in [6, 6.07) is 8.03. The van der Waals surface area contributed by atoms with Crippen LogP contribution in [0.15, 0.2) is 28.7 Å². The number of carbonyl (C=O) groups is 1. The minimum absolute atomic E-state index is 0.00259. The molecule has 1 aliphatic heterocycles. The summed E-state index contributed by atoms with van der Waals surface area (Å²) in [5.41, 5.74) is 2.36. The summed E-state index contributed by atoms with van der Waals surface area (Å²) in [5.74, 6) is 1.04. The molecular weight excluding hydrogens is 454 g/mol. The van der Waals surface area contributed by atoms with E-state index in [-0.39, 0.29) is 17.4 Å². The average molecular weight is 494 g/mol. The number of nitrogens with zero attached hydrogens (tertiary/aromatic N) is 3. The second-order valence-corrected chi connectivity index (χ2v) is 11.2. The number of rotatable bonds is 8. The van der Waals surface area contributed by atoms with Gasteiger partial charge in [-0.1, -0.05) is 32.4 Å². The molecule has 4 rings (SSSR count). The van der Waals surface area contributed by atoms with Gasteiger partial charge in [-0.3, -0.25) is 4.79 Å². The van der Waals surface area contributed by atoms with Crippen molar-refractivity contribution in [2.45, 2.75) is 85.2 Å². The van der Waals surface area contributed by atoms with Gasteiger partial charge < -0.3 is 19.2 Å². The quantitative estimate of drug-likeness (QED) is 0.354. The number of anilines is 1. The lowest BCUT2D eigenvalue weighted by atomic mass is 9.83. The Balaban J connectivity index is 0.000000454. The molecule has 7 heteroatoms. The number of para-hydroxylation sites is 1. The van der Waals surface area contributed by atoms with Crippen molar-refractivity contribution in [1.82, 2.24) is 9.97 Å². The zero-order valence-electron chi connectivity index (χ0n) is 22.3. The third-order valence-corrected chi connectivity index (χ3v) is 6.29. The number of terminal acetylenes is 1. The number of furan rings is 1. The number of hydrogen-bond acceptors (Lipinski definition) is 6. The van der Waals surface area contributed by atoms with Gasteiger partial charge in [-0.25, -0.2) is 9.97 Å². The molecule has 36 heavy (non-hydrogen) atoms. The van der Waals surface area contributed by atoms with Crippen LogP contribution in [0.1, 0.15) is 79.0 Å². The van der Waals surface area contributed by atoms with Crippen molar-refractivity contribution in [2.24, 2.45) is 5.41 Å². The number of aliphatic carboxylic acids is 1. The lowest BCUT2D eigenvalue weighted by molar-refractivity contribution is -0.137. The smallest absolute Gasteiger partial charge is 0.303 e. The van der Waals surface area contributed by atoms with Gasteiger partial charge in [-0.15, -0.1) is 0 Å². The fourth-order valence-electron chi connectivity index (χ4n) is 4.35. The molecule has 0 amide bonds. The van der Waals surface area contributed by atoms with Gasteiger partial charge in [-0.05, 0) is 70.4 Å². The number of aromatic nitrogens is 2. The highest BCUT2D eigenvalue weighted by molar-refractivity contribution is 6.05. The number of benzene rings is 1. The van der Waals surface area contributed by atoms with Gasteiger partial charge in [0.1, 0.15) is 28.6 Å². The van der Waals surface area contributed by atoms with Gasteiger partial charge >= 0.3 is 5.97 Å². The van der Waals surface area contributed by atoms with Crippen molar-refractivity contribution in [2.75, 3.05) is 18.0 Å². The van der Waals surface area contributed by atoms with Crippen LogP contribution in [0.2, 0.25) is 0 Å². The number of aryl methyl sites for hydroxylation is 1. The average Bonchev–Trinajstić information content (AvgIpc) is 3.45. The third-order valence-electron chi connectivity index (χ3n) is 6.29. The van der Waals surface area contributed by atoms with Crippen molar-refractivity contribution in [3.8, 4) is 12.5 Å². The molecule has 1 aromatic carbocycles. The van der Waals surface area contributed by atoms with Crippen molar-refractivity contribution < 1.29 is 19.1 Å². The Morgan fingerprint density at radius 3 is 2.44 bits per heavy atom. The van der Waals surface area contributed by atoms with Gasteiger partial charge in [0.2, 0.25) is 0 Å². The molecule has 0 saturated carbocycles. The maximum Gasteiger partial charge on any atom is 0.303 e. The molecule has 1 aliphatic rings. The molecule has 0 aliphatic carbocycles. The molecule has 0 radical (unpaired) electrons. The topological polar surface area (TPSA) is 88.7 Å².